The zero-order valence-electron chi connectivity index (χ0n) is 19.8. The Labute approximate surface area is 203 Å². The van der Waals surface area contributed by atoms with Crippen molar-refractivity contribution < 1.29 is 22.6 Å². The fourth-order valence-corrected chi connectivity index (χ4v) is 4.27. The van der Waals surface area contributed by atoms with Gasteiger partial charge in [0.05, 0.1) is 37.5 Å². The molecule has 0 unspecified atom stereocenters. The zero-order valence-corrected chi connectivity index (χ0v) is 20.6. The molecule has 0 spiro atoms. The smallest absolute Gasteiger partial charge is 0.282 e. The van der Waals surface area contributed by atoms with E-state index in [9.17, 15) is 8.42 Å². The van der Waals surface area contributed by atoms with Crippen molar-refractivity contribution >= 4 is 38.4 Å². The number of aryl methyl sites for hydroxylation is 1. The van der Waals surface area contributed by atoms with Crippen LogP contribution >= 0.6 is 0 Å². The first kappa shape index (κ1) is 24.1. The van der Waals surface area contributed by atoms with Gasteiger partial charge in [0.15, 0.2) is 28.2 Å². The predicted octanol–water partition coefficient (Wildman–Crippen LogP) is 3.71. The summed E-state index contributed by atoms with van der Waals surface area (Å²) in [5, 5.41) is 7.01. The van der Waals surface area contributed by atoms with Crippen molar-refractivity contribution in [2.75, 3.05) is 30.9 Å². The highest BCUT2D eigenvalue weighted by Crippen LogP contribution is 2.41. The quantitative estimate of drug-likeness (QED) is 0.336. The number of hydrogen-bond donors (Lipinski definition) is 2. The number of para-hydroxylation sites is 2. The van der Waals surface area contributed by atoms with Crippen LogP contribution in [0, 0.1) is 0 Å². The lowest BCUT2D eigenvalue weighted by Crippen LogP contribution is -2.17. The highest BCUT2D eigenvalue weighted by atomic mass is 32.2. The van der Waals surface area contributed by atoms with Crippen molar-refractivity contribution in [3.8, 4) is 17.2 Å². The van der Waals surface area contributed by atoms with Crippen LogP contribution in [0.2, 0.25) is 0 Å². The fraction of sp³-hybridized carbons (Fsp3) is 0.261. The van der Waals surface area contributed by atoms with Crippen LogP contribution in [-0.4, -0.2) is 49.0 Å². The van der Waals surface area contributed by atoms with Crippen molar-refractivity contribution in [1.82, 2.24) is 19.7 Å². The number of nitrogens with zero attached hydrogens (tertiary/aromatic N) is 4. The van der Waals surface area contributed by atoms with Crippen LogP contribution in [-0.2, 0) is 17.1 Å². The minimum absolute atomic E-state index is 0.00224. The molecule has 2 N–H and O–H groups in total. The maximum Gasteiger partial charge on any atom is 0.282 e. The van der Waals surface area contributed by atoms with Gasteiger partial charge >= 0.3 is 0 Å². The monoisotopic (exact) mass is 498 g/mol. The van der Waals surface area contributed by atoms with E-state index in [0.717, 1.165) is 6.42 Å². The normalized spacial score (nSPS) is 11.3. The second-order valence-electron chi connectivity index (χ2n) is 7.52. The fourth-order valence-electron chi connectivity index (χ4n) is 3.29. The van der Waals surface area contributed by atoms with E-state index in [1.807, 2.05) is 13.0 Å². The average molecular weight is 499 g/mol. The first-order valence-electron chi connectivity index (χ1n) is 10.8. The molecular formula is C23H26N6O5S. The van der Waals surface area contributed by atoms with E-state index < -0.39 is 10.0 Å². The van der Waals surface area contributed by atoms with E-state index in [4.69, 9.17) is 14.2 Å². The van der Waals surface area contributed by atoms with Gasteiger partial charge < -0.3 is 19.5 Å². The molecule has 0 atom stereocenters. The summed E-state index contributed by atoms with van der Waals surface area (Å²) < 4.78 is 46.8. The van der Waals surface area contributed by atoms with Gasteiger partial charge in [-0.05, 0) is 24.6 Å². The summed E-state index contributed by atoms with van der Waals surface area (Å²) in [4.78, 5) is 9.14. The van der Waals surface area contributed by atoms with E-state index >= 15 is 0 Å². The number of hydrogen-bond acceptors (Lipinski definition) is 9. The molecule has 11 nitrogen and oxygen atoms in total. The van der Waals surface area contributed by atoms with Gasteiger partial charge in [-0.2, -0.15) is 13.5 Å². The van der Waals surface area contributed by atoms with E-state index in [0.29, 0.717) is 40.6 Å². The molecule has 0 aliphatic carbocycles. The van der Waals surface area contributed by atoms with Crippen LogP contribution in [0.15, 0.2) is 53.7 Å². The molecule has 0 radical (unpaired) electrons. The summed E-state index contributed by atoms with van der Waals surface area (Å²) >= 11 is 0. The predicted molar refractivity (Wildman–Crippen MR) is 132 cm³/mol. The first-order chi connectivity index (χ1) is 16.8. The lowest BCUT2D eigenvalue weighted by atomic mass is 10.2. The summed E-state index contributed by atoms with van der Waals surface area (Å²) in [5.74, 6) is 1.56. The molecule has 184 valence electrons. The highest BCUT2D eigenvalue weighted by molar-refractivity contribution is 7.92. The molecule has 2 heterocycles. The van der Waals surface area contributed by atoms with Gasteiger partial charge in [0.2, 0.25) is 0 Å². The number of benzene rings is 2. The van der Waals surface area contributed by atoms with Crippen LogP contribution in [0.25, 0.3) is 11.0 Å². The Hall–Kier alpha value is -4.06. The molecule has 0 saturated carbocycles. The summed E-state index contributed by atoms with van der Waals surface area (Å²) in [6, 6.07) is 12.0. The average Bonchev–Trinajstić information content (AvgIpc) is 3.30. The van der Waals surface area contributed by atoms with Crippen molar-refractivity contribution in [2.45, 2.75) is 18.4 Å². The second kappa shape index (κ2) is 10.1. The number of sulfonamides is 1. The number of rotatable bonds is 10. The molecule has 0 amide bonds. The van der Waals surface area contributed by atoms with Crippen LogP contribution in [0.3, 0.4) is 0 Å². The Balaban J connectivity index is 1.83. The standard InChI is InChI=1S/C23H26N6O5S/c1-5-12-34-21-18(13-15(32-3)14-19(21)33-4)26-22-23(25-17-9-7-6-8-16(17)24-22)28-35(30,31)20-10-11-29(2)27-20/h6-11,13-14H,5,12H2,1-4H3,(H,24,26)(H,25,28). The van der Waals surface area contributed by atoms with Gasteiger partial charge in [0.1, 0.15) is 5.75 Å². The number of nitrogens with one attached hydrogen (secondary N) is 2. The molecule has 2 aromatic heterocycles. The molecule has 0 bridgehead atoms. The third-order valence-electron chi connectivity index (χ3n) is 4.95. The van der Waals surface area contributed by atoms with Gasteiger partial charge in [-0.25, -0.2) is 9.97 Å². The Morgan fingerprint density at radius 1 is 1.00 bits per heavy atom. The Kier molecular flexibility index (Phi) is 6.92. The van der Waals surface area contributed by atoms with Gasteiger partial charge in [0, 0.05) is 25.4 Å². The number of ether oxygens (including phenoxy) is 3. The molecule has 4 aromatic rings. The SMILES string of the molecule is CCCOc1c(Nc2nc3ccccc3nc2NS(=O)(=O)c2ccn(C)n2)cc(OC)cc1OC. The maximum atomic E-state index is 13.0. The molecule has 2 aromatic carbocycles. The van der Waals surface area contributed by atoms with E-state index in [2.05, 4.69) is 25.1 Å². The minimum Gasteiger partial charge on any atom is -0.497 e. The zero-order chi connectivity index (χ0) is 25.0. The van der Waals surface area contributed by atoms with Crippen LogP contribution in [0.4, 0.5) is 17.3 Å². The lowest BCUT2D eigenvalue weighted by Gasteiger charge is -2.18. The molecular weight excluding hydrogens is 472 g/mol. The molecule has 0 fully saturated rings. The van der Waals surface area contributed by atoms with Crippen LogP contribution in [0.1, 0.15) is 13.3 Å². The van der Waals surface area contributed by atoms with Gasteiger partial charge in [-0.3, -0.25) is 9.40 Å². The Morgan fingerprint density at radius 2 is 1.71 bits per heavy atom. The number of aromatic nitrogens is 4. The van der Waals surface area contributed by atoms with Gasteiger partial charge in [0.25, 0.3) is 10.0 Å². The summed E-state index contributed by atoms with van der Waals surface area (Å²) in [7, 11) is 0.666. The summed E-state index contributed by atoms with van der Waals surface area (Å²) in [6.07, 6.45) is 2.32. The Morgan fingerprint density at radius 3 is 2.31 bits per heavy atom. The van der Waals surface area contributed by atoms with E-state index in [1.54, 1.807) is 43.6 Å². The Bertz CT molecular complexity index is 1450. The van der Waals surface area contributed by atoms with Crippen molar-refractivity contribution in [3.63, 3.8) is 0 Å². The molecule has 0 aliphatic heterocycles. The van der Waals surface area contributed by atoms with Crippen LogP contribution < -0.4 is 24.2 Å². The van der Waals surface area contributed by atoms with Crippen molar-refractivity contribution in [1.29, 1.82) is 0 Å². The van der Waals surface area contributed by atoms with Gasteiger partial charge in [-0.1, -0.05) is 19.1 Å². The maximum absolute atomic E-state index is 13.0. The third kappa shape index (κ3) is 5.22. The van der Waals surface area contributed by atoms with Gasteiger partial charge in [-0.15, -0.1) is 0 Å². The highest BCUT2D eigenvalue weighted by Gasteiger charge is 2.23. The van der Waals surface area contributed by atoms with E-state index in [-0.39, 0.29) is 16.7 Å². The minimum atomic E-state index is -4.03. The third-order valence-corrected chi connectivity index (χ3v) is 6.18. The molecule has 0 aliphatic rings. The van der Waals surface area contributed by atoms with Crippen LogP contribution in [0.5, 0.6) is 17.2 Å². The lowest BCUT2D eigenvalue weighted by molar-refractivity contribution is 0.294. The van der Waals surface area contributed by atoms with Crippen molar-refractivity contribution in [3.05, 3.63) is 48.7 Å². The van der Waals surface area contributed by atoms with Crippen molar-refractivity contribution in [2.24, 2.45) is 7.05 Å². The summed E-state index contributed by atoms with van der Waals surface area (Å²) in [6.45, 7) is 2.43. The molecule has 4 rings (SSSR count). The molecule has 0 saturated heterocycles. The first-order valence-corrected chi connectivity index (χ1v) is 12.3. The largest absolute Gasteiger partial charge is 0.497 e. The molecule has 12 heteroatoms. The molecule has 35 heavy (non-hydrogen) atoms. The summed E-state index contributed by atoms with van der Waals surface area (Å²) in [5.41, 5.74) is 1.56. The topological polar surface area (TPSA) is 129 Å². The van der Waals surface area contributed by atoms with E-state index in [1.165, 1.54) is 25.0 Å². The number of fused-ring (bicyclic) bond motifs is 1. The second-order valence-corrected chi connectivity index (χ2v) is 9.15. The number of anilines is 3. The number of methoxy groups -OCH3 is 2.